The molecule has 2 aliphatic heterocycles. The quantitative estimate of drug-likeness (QED) is 0.928. The number of amides is 1. The van der Waals surface area contributed by atoms with Crippen LogP contribution in [0.2, 0.25) is 0 Å². The van der Waals surface area contributed by atoms with Crippen LogP contribution in [0.15, 0.2) is 12.4 Å². The van der Waals surface area contributed by atoms with Crippen LogP contribution in [-0.4, -0.2) is 46.8 Å². The first kappa shape index (κ1) is 16.3. The third-order valence-corrected chi connectivity index (χ3v) is 4.43. The summed E-state index contributed by atoms with van der Waals surface area (Å²) >= 11 is 0. The molecule has 118 valence electrons. The summed E-state index contributed by atoms with van der Waals surface area (Å²) < 4.78 is 1.95. The van der Waals surface area contributed by atoms with Gasteiger partial charge in [-0.15, -0.1) is 12.4 Å². The molecule has 1 aromatic rings. The predicted molar refractivity (Wildman–Crippen MR) is 84.8 cm³/mol. The number of halogens is 1. The van der Waals surface area contributed by atoms with Crippen molar-refractivity contribution in [1.29, 1.82) is 0 Å². The summed E-state index contributed by atoms with van der Waals surface area (Å²) in [6, 6.07) is 0. The maximum Gasteiger partial charge on any atom is 0.257 e. The van der Waals surface area contributed by atoms with Gasteiger partial charge in [0.05, 0.1) is 11.8 Å². The SMILES string of the molecule is Cl.O=C(c1cnn(CC2CCNCC2)c1)N1CCCCC1. The molecule has 0 unspecified atom stereocenters. The predicted octanol–water partition coefficient (Wildman–Crippen LogP) is 1.93. The van der Waals surface area contributed by atoms with E-state index in [0.717, 1.165) is 51.1 Å². The minimum absolute atomic E-state index is 0. The summed E-state index contributed by atoms with van der Waals surface area (Å²) in [5.74, 6) is 0.843. The fourth-order valence-electron chi connectivity index (χ4n) is 3.18. The van der Waals surface area contributed by atoms with Crippen LogP contribution >= 0.6 is 12.4 Å². The highest BCUT2D eigenvalue weighted by Gasteiger charge is 2.20. The van der Waals surface area contributed by atoms with Gasteiger partial charge in [0.15, 0.2) is 0 Å². The lowest BCUT2D eigenvalue weighted by Crippen LogP contribution is -2.35. The van der Waals surface area contributed by atoms with Crippen molar-refractivity contribution in [2.75, 3.05) is 26.2 Å². The van der Waals surface area contributed by atoms with Gasteiger partial charge >= 0.3 is 0 Å². The van der Waals surface area contributed by atoms with Crippen LogP contribution in [0.1, 0.15) is 42.5 Å². The van der Waals surface area contributed by atoms with Gasteiger partial charge in [-0.1, -0.05) is 0 Å². The molecule has 0 saturated carbocycles. The van der Waals surface area contributed by atoms with Crippen LogP contribution in [0.25, 0.3) is 0 Å². The molecule has 0 bridgehead atoms. The molecule has 2 aliphatic rings. The zero-order valence-electron chi connectivity index (χ0n) is 12.5. The average molecular weight is 313 g/mol. The summed E-state index contributed by atoms with van der Waals surface area (Å²) in [5, 5.41) is 7.75. The molecule has 0 aromatic carbocycles. The summed E-state index contributed by atoms with van der Waals surface area (Å²) in [6.07, 6.45) is 9.59. The third-order valence-electron chi connectivity index (χ3n) is 4.43. The molecule has 2 fully saturated rings. The fraction of sp³-hybridized carbons (Fsp3) is 0.733. The van der Waals surface area contributed by atoms with Crippen molar-refractivity contribution in [2.24, 2.45) is 5.92 Å². The maximum atomic E-state index is 12.4. The van der Waals surface area contributed by atoms with E-state index in [0.29, 0.717) is 5.92 Å². The highest BCUT2D eigenvalue weighted by atomic mass is 35.5. The Morgan fingerprint density at radius 1 is 1.24 bits per heavy atom. The van der Waals surface area contributed by atoms with Crippen LogP contribution in [0.3, 0.4) is 0 Å². The Bertz CT molecular complexity index is 450. The molecular formula is C15H25ClN4O. The van der Waals surface area contributed by atoms with Crippen molar-refractivity contribution >= 4 is 18.3 Å². The van der Waals surface area contributed by atoms with Crippen molar-refractivity contribution in [3.63, 3.8) is 0 Å². The van der Waals surface area contributed by atoms with E-state index in [-0.39, 0.29) is 18.3 Å². The first-order valence-electron chi connectivity index (χ1n) is 7.85. The number of carbonyl (C=O) groups is 1. The lowest BCUT2D eigenvalue weighted by molar-refractivity contribution is 0.0724. The van der Waals surface area contributed by atoms with E-state index in [2.05, 4.69) is 10.4 Å². The number of nitrogens with one attached hydrogen (secondary N) is 1. The van der Waals surface area contributed by atoms with Crippen molar-refractivity contribution in [2.45, 2.75) is 38.6 Å². The highest BCUT2D eigenvalue weighted by molar-refractivity contribution is 5.93. The van der Waals surface area contributed by atoms with Crippen molar-refractivity contribution in [1.82, 2.24) is 20.0 Å². The Morgan fingerprint density at radius 2 is 1.95 bits per heavy atom. The van der Waals surface area contributed by atoms with Gasteiger partial charge < -0.3 is 10.2 Å². The molecule has 3 rings (SSSR count). The number of nitrogens with zero attached hydrogens (tertiary/aromatic N) is 3. The van der Waals surface area contributed by atoms with E-state index >= 15 is 0 Å². The Kier molecular flexibility index (Phi) is 6.06. The lowest BCUT2D eigenvalue weighted by Gasteiger charge is -2.26. The second kappa shape index (κ2) is 7.80. The lowest BCUT2D eigenvalue weighted by atomic mass is 9.98. The van der Waals surface area contributed by atoms with Crippen LogP contribution in [0.4, 0.5) is 0 Å². The minimum atomic E-state index is 0. The molecule has 21 heavy (non-hydrogen) atoms. The van der Waals surface area contributed by atoms with Crippen molar-refractivity contribution in [3.05, 3.63) is 18.0 Å². The van der Waals surface area contributed by atoms with E-state index in [9.17, 15) is 4.79 Å². The van der Waals surface area contributed by atoms with Gasteiger partial charge in [0.25, 0.3) is 5.91 Å². The van der Waals surface area contributed by atoms with E-state index in [1.165, 1.54) is 19.3 Å². The number of hydrogen-bond acceptors (Lipinski definition) is 3. The van der Waals surface area contributed by atoms with Gasteiger partial charge in [-0.25, -0.2) is 0 Å². The monoisotopic (exact) mass is 312 g/mol. The fourth-order valence-corrected chi connectivity index (χ4v) is 3.18. The van der Waals surface area contributed by atoms with Crippen molar-refractivity contribution < 1.29 is 4.79 Å². The summed E-state index contributed by atoms with van der Waals surface area (Å²) in [6.45, 7) is 4.95. The van der Waals surface area contributed by atoms with Crippen molar-refractivity contribution in [3.8, 4) is 0 Å². The highest BCUT2D eigenvalue weighted by Crippen LogP contribution is 2.16. The largest absolute Gasteiger partial charge is 0.339 e. The first-order chi connectivity index (χ1) is 9.83. The molecule has 1 aromatic heterocycles. The zero-order chi connectivity index (χ0) is 13.8. The van der Waals surface area contributed by atoms with E-state index in [1.807, 2.05) is 15.8 Å². The molecule has 0 spiro atoms. The Balaban J connectivity index is 0.00000161. The Hall–Kier alpha value is -1.07. The number of piperidine rings is 2. The normalized spacial score (nSPS) is 20.1. The Morgan fingerprint density at radius 3 is 2.67 bits per heavy atom. The summed E-state index contributed by atoms with van der Waals surface area (Å²) in [7, 11) is 0. The number of carbonyl (C=O) groups excluding carboxylic acids is 1. The molecule has 5 nitrogen and oxygen atoms in total. The number of aromatic nitrogens is 2. The third kappa shape index (κ3) is 4.20. The number of rotatable bonds is 3. The maximum absolute atomic E-state index is 12.4. The second-order valence-electron chi connectivity index (χ2n) is 6.00. The number of hydrogen-bond donors (Lipinski definition) is 1. The van der Waals surface area contributed by atoms with Crippen LogP contribution in [-0.2, 0) is 6.54 Å². The molecular weight excluding hydrogens is 288 g/mol. The molecule has 2 saturated heterocycles. The van der Waals surface area contributed by atoms with Gasteiger partial charge in [0.1, 0.15) is 0 Å². The number of likely N-dealkylation sites (tertiary alicyclic amines) is 1. The molecule has 3 heterocycles. The summed E-state index contributed by atoms with van der Waals surface area (Å²) in [5.41, 5.74) is 0.751. The Labute approximate surface area is 132 Å². The van der Waals surface area contributed by atoms with Crippen LogP contribution in [0, 0.1) is 5.92 Å². The molecule has 1 amide bonds. The standard InChI is InChI=1S/C15H24N4O.ClH/c20-15(18-8-2-1-3-9-18)14-10-17-19(12-14)11-13-4-6-16-7-5-13;/h10,12-13,16H,1-9,11H2;1H. The molecule has 0 atom stereocenters. The van der Waals surface area contributed by atoms with E-state index in [1.54, 1.807) is 6.20 Å². The second-order valence-corrected chi connectivity index (χ2v) is 6.00. The van der Waals surface area contributed by atoms with Gasteiger partial charge in [-0.05, 0) is 51.1 Å². The smallest absolute Gasteiger partial charge is 0.257 e. The molecule has 0 aliphatic carbocycles. The van der Waals surface area contributed by atoms with E-state index < -0.39 is 0 Å². The van der Waals surface area contributed by atoms with Crippen LogP contribution in [0.5, 0.6) is 0 Å². The topological polar surface area (TPSA) is 50.2 Å². The minimum Gasteiger partial charge on any atom is -0.339 e. The molecule has 6 heteroatoms. The first-order valence-corrected chi connectivity index (χ1v) is 7.85. The van der Waals surface area contributed by atoms with Gasteiger partial charge in [0, 0.05) is 25.8 Å². The molecule has 1 N–H and O–H groups in total. The van der Waals surface area contributed by atoms with Crippen LogP contribution < -0.4 is 5.32 Å². The average Bonchev–Trinajstić information content (AvgIpc) is 2.97. The van der Waals surface area contributed by atoms with E-state index in [4.69, 9.17) is 0 Å². The molecule has 0 radical (unpaired) electrons. The summed E-state index contributed by atoms with van der Waals surface area (Å²) in [4.78, 5) is 14.3. The van der Waals surface area contributed by atoms with Gasteiger partial charge in [-0.2, -0.15) is 5.10 Å². The van der Waals surface area contributed by atoms with Gasteiger partial charge in [0.2, 0.25) is 0 Å². The van der Waals surface area contributed by atoms with Gasteiger partial charge in [-0.3, -0.25) is 9.48 Å². The zero-order valence-corrected chi connectivity index (χ0v) is 13.3.